The molecule has 2 aliphatic heterocycles. The topological polar surface area (TPSA) is 32.8 Å². The maximum Gasteiger partial charge on any atom is 0.254 e. The highest BCUT2D eigenvalue weighted by atomic mass is 16.5. The molecule has 23 heavy (non-hydrogen) atoms. The second-order valence-corrected chi connectivity index (χ2v) is 6.71. The average molecular weight is 316 g/mol. The number of hydrogen-bond donors (Lipinski definition) is 0. The standard InChI is InChI=1S/C19H28N2O2/c1-16-6-2-3-8-18(16)19(22)21-10-5-4-7-17(21)9-11-20-12-14-23-15-13-20/h2-3,6,8,17H,4-5,7,9-15H2,1H3/t17-/m1/s1. The number of morpholine rings is 1. The summed E-state index contributed by atoms with van der Waals surface area (Å²) in [5.74, 6) is 0.217. The third-order valence-electron chi connectivity index (χ3n) is 5.15. The highest BCUT2D eigenvalue weighted by Crippen LogP contribution is 2.23. The minimum Gasteiger partial charge on any atom is -0.379 e. The second kappa shape index (κ2) is 7.93. The normalized spacial score (nSPS) is 23.0. The number of hydrogen-bond acceptors (Lipinski definition) is 3. The fraction of sp³-hybridized carbons (Fsp3) is 0.632. The molecule has 0 N–H and O–H groups in total. The summed E-state index contributed by atoms with van der Waals surface area (Å²) in [7, 11) is 0. The van der Waals surface area contributed by atoms with Gasteiger partial charge in [0.25, 0.3) is 5.91 Å². The Labute approximate surface area is 139 Å². The van der Waals surface area contributed by atoms with E-state index in [1.54, 1.807) is 0 Å². The summed E-state index contributed by atoms with van der Waals surface area (Å²) < 4.78 is 5.42. The first-order valence-corrected chi connectivity index (χ1v) is 8.92. The van der Waals surface area contributed by atoms with Gasteiger partial charge in [0, 0.05) is 37.8 Å². The van der Waals surface area contributed by atoms with Crippen LogP contribution in [0.4, 0.5) is 0 Å². The first-order valence-electron chi connectivity index (χ1n) is 8.92. The molecule has 2 aliphatic rings. The second-order valence-electron chi connectivity index (χ2n) is 6.71. The van der Waals surface area contributed by atoms with Gasteiger partial charge in [0.2, 0.25) is 0 Å². The Balaban J connectivity index is 1.63. The Bertz CT molecular complexity index is 526. The van der Waals surface area contributed by atoms with Crippen LogP contribution in [0.25, 0.3) is 0 Å². The molecule has 1 amide bonds. The number of amides is 1. The molecule has 3 rings (SSSR count). The molecule has 0 bridgehead atoms. The molecule has 4 heteroatoms. The highest BCUT2D eigenvalue weighted by molar-refractivity contribution is 5.95. The monoisotopic (exact) mass is 316 g/mol. The van der Waals surface area contributed by atoms with Crippen LogP contribution in [0.2, 0.25) is 0 Å². The lowest BCUT2D eigenvalue weighted by atomic mass is 9.97. The Kier molecular flexibility index (Phi) is 5.68. The number of rotatable bonds is 4. The summed E-state index contributed by atoms with van der Waals surface area (Å²) in [6.07, 6.45) is 4.59. The molecule has 2 heterocycles. The number of aryl methyl sites for hydroxylation is 1. The molecule has 0 radical (unpaired) electrons. The molecule has 1 atom stereocenters. The van der Waals surface area contributed by atoms with Gasteiger partial charge in [0.05, 0.1) is 13.2 Å². The Morgan fingerprint density at radius 2 is 1.96 bits per heavy atom. The molecule has 4 nitrogen and oxygen atoms in total. The van der Waals surface area contributed by atoms with Gasteiger partial charge in [0.1, 0.15) is 0 Å². The van der Waals surface area contributed by atoms with Crippen LogP contribution in [-0.4, -0.2) is 61.1 Å². The summed E-state index contributed by atoms with van der Waals surface area (Å²) in [4.78, 5) is 17.6. The van der Waals surface area contributed by atoms with Gasteiger partial charge < -0.3 is 9.64 Å². The summed E-state index contributed by atoms with van der Waals surface area (Å²) >= 11 is 0. The number of carbonyl (C=O) groups excluding carboxylic acids is 1. The van der Waals surface area contributed by atoms with Crippen molar-refractivity contribution in [2.75, 3.05) is 39.4 Å². The van der Waals surface area contributed by atoms with Gasteiger partial charge in [-0.1, -0.05) is 18.2 Å². The Morgan fingerprint density at radius 3 is 2.74 bits per heavy atom. The highest BCUT2D eigenvalue weighted by Gasteiger charge is 2.28. The van der Waals surface area contributed by atoms with E-state index in [-0.39, 0.29) is 5.91 Å². The van der Waals surface area contributed by atoms with Crippen molar-refractivity contribution in [3.05, 3.63) is 35.4 Å². The van der Waals surface area contributed by atoms with Crippen LogP contribution in [0.1, 0.15) is 41.6 Å². The summed E-state index contributed by atoms with van der Waals surface area (Å²) in [5, 5.41) is 0. The van der Waals surface area contributed by atoms with Gasteiger partial charge in [-0.05, 0) is 44.2 Å². The van der Waals surface area contributed by atoms with Crippen molar-refractivity contribution in [3.63, 3.8) is 0 Å². The van der Waals surface area contributed by atoms with E-state index >= 15 is 0 Å². The number of piperidine rings is 1. The number of nitrogens with zero attached hydrogens (tertiary/aromatic N) is 2. The van der Waals surface area contributed by atoms with Crippen molar-refractivity contribution in [1.29, 1.82) is 0 Å². The van der Waals surface area contributed by atoms with Crippen LogP contribution < -0.4 is 0 Å². The first kappa shape index (κ1) is 16.5. The average Bonchev–Trinajstić information content (AvgIpc) is 2.61. The van der Waals surface area contributed by atoms with Crippen molar-refractivity contribution in [3.8, 4) is 0 Å². The van der Waals surface area contributed by atoms with Crippen LogP contribution in [0.3, 0.4) is 0 Å². The molecule has 2 fully saturated rings. The predicted molar refractivity (Wildman–Crippen MR) is 91.7 cm³/mol. The van der Waals surface area contributed by atoms with E-state index in [9.17, 15) is 4.79 Å². The lowest BCUT2D eigenvalue weighted by Crippen LogP contribution is -2.46. The number of benzene rings is 1. The van der Waals surface area contributed by atoms with E-state index in [0.29, 0.717) is 6.04 Å². The fourth-order valence-electron chi connectivity index (χ4n) is 3.69. The smallest absolute Gasteiger partial charge is 0.254 e. The summed E-state index contributed by atoms with van der Waals surface area (Å²) in [6, 6.07) is 8.34. The third-order valence-corrected chi connectivity index (χ3v) is 5.15. The maximum atomic E-state index is 13.0. The maximum absolute atomic E-state index is 13.0. The molecule has 1 aromatic carbocycles. The third kappa shape index (κ3) is 4.12. The van der Waals surface area contributed by atoms with Gasteiger partial charge in [-0.3, -0.25) is 9.69 Å². The zero-order chi connectivity index (χ0) is 16.1. The Hall–Kier alpha value is -1.39. The van der Waals surface area contributed by atoms with E-state index < -0.39 is 0 Å². The summed E-state index contributed by atoms with van der Waals surface area (Å²) in [5.41, 5.74) is 1.95. The van der Waals surface area contributed by atoms with Crippen LogP contribution in [0.15, 0.2) is 24.3 Å². The van der Waals surface area contributed by atoms with Crippen LogP contribution in [0.5, 0.6) is 0 Å². The zero-order valence-electron chi connectivity index (χ0n) is 14.2. The molecule has 1 aromatic rings. The SMILES string of the molecule is Cc1ccccc1C(=O)N1CCCC[C@@H]1CCN1CCOCC1. The van der Waals surface area contributed by atoms with Crippen molar-refractivity contribution in [2.24, 2.45) is 0 Å². The molecule has 0 aliphatic carbocycles. The first-order chi connectivity index (χ1) is 11.3. The molecule has 0 aromatic heterocycles. The lowest BCUT2D eigenvalue weighted by molar-refractivity contribution is 0.0295. The van der Waals surface area contributed by atoms with E-state index in [4.69, 9.17) is 4.74 Å². The van der Waals surface area contributed by atoms with Crippen LogP contribution >= 0.6 is 0 Å². The predicted octanol–water partition coefficient (Wildman–Crippen LogP) is 2.71. The summed E-state index contributed by atoms with van der Waals surface area (Å²) in [6.45, 7) is 7.75. The number of carbonyl (C=O) groups is 1. The minimum absolute atomic E-state index is 0.217. The largest absolute Gasteiger partial charge is 0.379 e. The molecular formula is C19H28N2O2. The van der Waals surface area contributed by atoms with Gasteiger partial charge in [-0.25, -0.2) is 0 Å². The van der Waals surface area contributed by atoms with E-state index in [1.165, 1.54) is 6.42 Å². The number of likely N-dealkylation sites (tertiary alicyclic amines) is 1. The van der Waals surface area contributed by atoms with E-state index in [2.05, 4.69) is 9.80 Å². The quantitative estimate of drug-likeness (QED) is 0.856. The van der Waals surface area contributed by atoms with E-state index in [1.807, 2.05) is 31.2 Å². The van der Waals surface area contributed by atoms with Crippen molar-refractivity contribution in [2.45, 2.75) is 38.6 Å². The van der Waals surface area contributed by atoms with Crippen LogP contribution in [0, 0.1) is 6.92 Å². The van der Waals surface area contributed by atoms with E-state index in [0.717, 1.165) is 69.8 Å². The van der Waals surface area contributed by atoms with Gasteiger partial charge in [0.15, 0.2) is 0 Å². The molecule has 2 saturated heterocycles. The van der Waals surface area contributed by atoms with Crippen LogP contribution in [-0.2, 0) is 4.74 Å². The lowest BCUT2D eigenvalue weighted by Gasteiger charge is -2.38. The van der Waals surface area contributed by atoms with Gasteiger partial charge in [-0.2, -0.15) is 0 Å². The Morgan fingerprint density at radius 1 is 1.17 bits per heavy atom. The van der Waals surface area contributed by atoms with Gasteiger partial charge in [-0.15, -0.1) is 0 Å². The van der Waals surface area contributed by atoms with Crippen molar-refractivity contribution in [1.82, 2.24) is 9.80 Å². The minimum atomic E-state index is 0.217. The fourth-order valence-corrected chi connectivity index (χ4v) is 3.69. The molecule has 0 spiro atoms. The molecule has 126 valence electrons. The van der Waals surface area contributed by atoms with Gasteiger partial charge >= 0.3 is 0 Å². The van der Waals surface area contributed by atoms with Crippen molar-refractivity contribution >= 4 is 5.91 Å². The zero-order valence-corrected chi connectivity index (χ0v) is 14.2. The molecule has 0 unspecified atom stereocenters. The molecular weight excluding hydrogens is 288 g/mol. The van der Waals surface area contributed by atoms with Crippen molar-refractivity contribution < 1.29 is 9.53 Å². The molecule has 0 saturated carbocycles. The number of ether oxygens (including phenoxy) is 1.